The molecule has 0 amide bonds. The van der Waals surface area contributed by atoms with E-state index in [2.05, 4.69) is 13.8 Å². The number of ether oxygens (including phenoxy) is 1. The van der Waals surface area contributed by atoms with E-state index in [0.29, 0.717) is 23.8 Å². The summed E-state index contributed by atoms with van der Waals surface area (Å²) in [6, 6.07) is 0. The van der Waals surface area contributed by atoms with Gasteiger partial charge in [-0.2, -0.15) is 0 Å². The summed E-state index contributed by atoms with van der Waals surface area (Å²) in [5.41, 5.74) is 0.465. The highest BCUT2D eigenvalue weighted by atomic mass is 16.5. The standard InChI is InChI=1S/C16H26O5/c1-3-5-10-7-12(17)11(6-9(10)4-2)16-15(20)14(19)13(18)8-21-16/h6,9-10,13-16,18-20H,3-5,7-8H2,1-2H3/t9-,10+,13?,14?,15?,16?/m1/s1. The van der Waals surface area contributed by atoms with Crippen LogP contribution in [0.5, 0.6) is 0 Å². The number of hydrogen-bond donors (Lipinski definition) is 3. The van der Waals surface area contributed by atoms with Crippen LogP contribution in [0, 0.1) is 11.8 Å². The third-order valence-corrected chi connectivity index (χ3v) is 4.71. The topological polar surface area (TPSA) is 87.0 Å². The first kappa shape index (κ1) is 16.6. The number of carbonyl (C=O) groups excluding carboxylic acids is 1. The Morgan fingerprint density at radius 1 is 1.24 bits per heavy atom. The molecule has 5 heteroatoms. The molecule has 0 aromatic rings. The second-order valence-electron chi connectivity index (χ2n) is 6.17. The summed E-state index contributed by atoms with van der Waals surface area (Å²) < 4.78 is 5.42. The van der Waals surface area contributed by atoms with E-state index in [0.717, 1.165) is 19.3 Å². The van der Waals surface area contributed by atoms with Crippen molar-refractivity contribution in [3.8, 4) is 0 Å². The fraction of sp³-hybridized carbons (Fsp3) is 0.812. The van der Waals surface area contributed by atoms with Gasteiger partial charge in [0.15, 0.2) is 5.78 Å². The Morgan fingerprint density at radius 2 is 1.95 bits per heavy atom. The zero-order chi connectivity index (χ0) is 15.6. The molecule has 1 fully saturated rings. The minimum Gasteiger partial charge on any atom is -0.388 e. The largest absolute Gasteiger partial charge is 0.388 e. The highest BCUT2D eigenvalue weighted by molar-refractivity contribution is 5.97. The van der Waals surface area contributed by atoms with Crippen LogP contribution >= 0.6 is 0 Å². The number of hydrogen-bond acceptors (Lipinski definition) is 5. The third-order valence-electron chi connectivity index (χ3n) is 4.71. The predicted octanol–water partition coefficient (Wildman–Crippen LogP) is 0.810. The Balaban J connectivity index is 2.20. The molecule has 0 spiro atoms. The fourth-order valence-corrected chi connectivity index (χ4v) is 3.44. The molecule has 0 bridgehead atoms. The first-order chi connectivity index (χ1) is 9.99. The number of aliphatic hydroxyl groups is 3. The van der Waals surface area contributed by atoms with Gasteiger partial charge in [0, 0.05) is 12.0 Å². The second kappa shape index (κ2) is 7.01. The zero-order valence-electron chi connectivity index (χ0n) is 12.7. The summed E-state index contributed by atoms with van der Waals surface area (Å²) in [4.78, 5) is 12.4. The lowest BCUT2D eigenvalue weighted by Crippen LogP contribution is -2.54. The van der Waals surface area contributed by atoms with Crippen LogP contribution in [0.25, 0.3) is 0 Å². The van der Waals surface area contributed by atoms with Crippen LogP contribution in [0.15, 0.2) is 11.6 Å². The number of rotatable bonds is 4. The van der Waals surface area contributed by atoms with Crippen molar-refractivity contribution in [3.63, 3.8) is 0 Å². The first-order valence-electron chi connectivity index (χ1n) is 7.90. The van der Waals surface area contributed by atoms with E-state index in [1.807, 2.05) is 6.08 Å². The van der Waals surface area contributed by atoms with Gasteiger partial charge < -0.3 is 20.1 Å². The molecule has 3 N–H and O–H groups in total. The predicted molar refractivity (Wildman–Crippen MR) is 77.6 cm³/mol. The maximum Gasteiger partial charge on any atom is 0.161 e. The minimum absolute atomic E-state index is 0.00853. The first-order valence-corrected chi connectivity index (χ1v) is 7.90. The lowest BCUT2D eigenvalue weighted by atomic mass is 9.74. The van der Waals surface area contributed by atoms with E-state index in [-0.39, 0.29) is 12.4 Å². The van der Waals surface area contributed by atoms with Crippen molar-refractivity contribution in [2.45, 2.75) is 63.9 Å². The molecule has 1 aliphatic carbocycles. The molecule has 21 heavy (non-hydrogen) atoms. The molecule has 1 saturated heterocycles. The van der Waals surface area contributed by atoms with Crippen molar-refractivity contribution < 1.29 is 24.9 Å². The van der Waals surface area contributed by atoms with Crippen LogP contribution in [0.4, 0.5) is 0 Å². The number of aliphatic hydroxyl groups excluding tert-OH is 3. The molecule has 4 unspecified atom stereocenters. The van der Waals surface area contributed by atoms with Crippen molar-refractivity contribution in [2.75, 3.05) is 6.61 Å². The zero-order valence-corrected chi connectivity index (χ0v) is 12.7. The summed E-state index contributed by atoms with van der Waals surface area (Å²) >= 11 is 0. The van der Waals surface area contributed by atoms with E-state index < -0.39 is 24.4 Å². The normalized spacial score (nSPS) is 41.0. The summed E-state index contributed by atoms with van der Waals surface area (Å²) in [7, 11) is 0. The Labute approximate surface area is 125 Å². The lowest BCUT2D eigenvalue weighted by Gasteiger charge is -2.38. The monoisotopic (exact) mass is 298 g/mol. The van der Waals surface area contributed by atoms with Crippen LogP contribution < -0.4 is 0 Å². The van der Waals surface area contributed by atoms with Crippen LogP contribution in [0.2, 0.25) is 0 Å². The van der Waals surface area contributed by atoms with Crippen molar-refractivity contribution >= 4 is 5.78 Å². The molecule has 2 rings (SSSR count). The van der Waals surface area contributed by atoms with E-state index in [9.17, 15) is 20.1 Å². The summed E-state index contributed by atoms with van der Waals surface area (Å²) in [5, 5.41) is 29.4. The van der Waals surface area contributed by atoms with E-state index in [1.54, 1.807) is 0 Å². The smallest absolute Gasteiger partial charge is 0.161 e. The van der Waals surface area contributed by atoms with E-state index in [4.69, 9.17) is 4.74 Å². The minimum atomic E-state index is -1.27. The third kappa shape index (κ3) is 3.37. The molecular formula is C16H26O5. The Morgan fingerprint density at radius 3 is 2.57 bits per heavy atom. The van der Waals surface area contributed by atoms with Gasteiger partial charge in [0.1, 0.15) is 24.4 Å². The Hall–Kier alpha value is -0.750. The SMILES string of the molecule is CCC[C@H]1CC(=O)C(C2OCC(O)C(O)C2O)=C[C@H]1CC. The number of Topliss-reactive ketones (excluding diaryl/α,β-unsaturated/α-hetero) is 1. The molecule has 6 atom stereocenters. The molecule has 2 aliphatic rings. The van der Waals surface area contributed by atoms with Gasteiger partial charge in [0.25, 0.3) is 0 Å². The molecule has 120 valence electrons. The number of allylic oxidation sites excluding steroid dienone is 1. The number of carbonyl (C=O) groups is 1. The molecule has 5 nitrogen and oxygen atoms in total. The van der Waals surface area contributed by atoms with Crippen LogP contribution in [-0.4, -0.2) is 52.1 Å². The second-order valence-corrected chi connectivity index (χ2v) is 6.17. The average Bonchev–Trinajstić information content (AvgIpc) is 2.46. The molecule has 0 saturated carbocycles. The van der Waals surface area contributed by atoms with Gasteiger partial charge in [-0.3, -0.25) is 4.79 Å². The summed E-state index contributed by atoms with van der Waals surface area (Å²) in [5.74, 6) is 0.649. The Bertz CT molecular complexity index is 405. The van der Waals surface area contributed by atoms with Crippen molar-refractivity contribution in [1.29, 1.82) is 0 Å². The van der Waals surface area contributed by atoms with Crippen molar-refractivity contribution in [3.05, 3.63) is 11.6 Å². The van der Waals surface area contributed by atoms with Crippen molar-refractivity contribution in [2.24, 2.45) is 11.8 Å². The van der Waals surface area contributed by atoms with E-state index in [1.165, 1.54) is 0 Å². The van der Waals surface area contributed by atoms with Gasteiger partial charge in [-0.05, 0) is 24.7 Å². The molecular weight excluding hydrogens is 272 g/mol. The van der Waals surface area contributed by atoms with Crippen molar-refractivity contribution in [1.82, 2.24) is 0 Å². The number of ketones is 1. The molecule has 1 aliphatic heterocycles. The highest BCUT2D eigenvalue weighted by Crippen LogP contribution is 2.35. The molecule has 0 aromatic carbocycles. The molecule has 0 aromatic heterocycles. The molecule has 0 radical (unpaired) electrons. The highest BCUT2D eigenvalue weighted by Gasteiger charge is 2.42. The van der Waals surface area contributed by atoms with Gasteiger partial charge in [-0.1, -0.05) is 26.3 Å². The van der Waals surface area contributed by atoms with Gasteiger partial charge >= 0.3 is 0 Å². The van der Waals surface area contributed by atoms with E-state index >= 15 is 0 Å². The maximum atomic E-state index is 12.4. The van der Waals surface area contributed by atoms with Crippen LogP contribution in [0.3, 0.4) is 0 Å². The van der Waals surface area contributed by atoms with Crippen LogP contribution in [0.1, 0.15) is 39.5 Å². The van der Waals surface area contributed by atoms with Gasteiger partial charge in [-0.25, -0.2) is 0 Å². The average molecular weight is 298 g/mol. The molecule has 1 heterocycles. The summed E-state index contributed by atoms with van der Waals surface area (Å²) in [6.07, 6.45) is 0.936. The van der Waals surface area contributed by atoms with Gasteiger partial charge in [0.05, 0.1) is 6.61 Å². The van der Waals surface area contributed by atoms with Crippen LogP contribution in [-0.2, 0) is 9.53 Å². The van der Waals surface area contributed by atoms with Gasteiger partial charge in [0.2, 0.25) is 0 Å². The fourth-order valence-electron chi connectivity index (χ4n) is 3.44. The quantitative estimate of drug-likeness (QED) is 0.715. The van der Waals surface area contributed by atoms with Gasteiger partial charge in [-0.15, -0.1) is 0 Å². The summed E-state index contributed by atoms with van der Waals surface area (Å²) in [6.45, 7) is 4.14. The lowest BCUT2D eigenvalue weighted by molar-refractivity contribution is -0.178. The Kier molecular flexibility index (Phi) is 5.54. The maximum absolute atomic E-state index is 12.4.